The SMILES string of the molecule is CC1CCN(c2ccc(C(=O)NC[C@@H]3Cc4ccccc43)cn2)CC1. The molecule has 2 aromatic rings. The van der Waals surface area contributed by atoms with Crippen LogP contribution < -0.4 is 10.2 Å². The molecular formula is C21H25N3O. The maximum Gasteiger partial charge on any atom is 0.252 e. The minimum atomic E-state index is -0.0318. The molecule has 1 atom stereocenters. The molecule has 0 bridgehead atoms. The molecule has 0 unspecified atom stereocenters. The zero-order valence-electron chi connectivity index (χ0n) is 14.7. The van der Waals surface area contributed by atoms with Crippen molar-refractivity contribution in [1.29, 1.82) is 0 Å². The Balaban J connectivity index is 1.32. The van der Waals surface area contributed by atoms with Crippen LogP contribution >= 0.6 is 0 Å². The first-order valence-corrected chi connectivity index (χ1v) is 9.27. The second-order valence-corrected chi connectivity index (χ2v) is 7.38. The van der Waals surface area contributed by atoms with Gasteiger partial charge in [-0.15, -0.1) is 0 Å². The maximum atomic E-state index is 12.4. The molecule has 1 amide bonds. The molecule has 2 heterocycles. The highest BCUT2D eigenvalue weighted by Gasteiger charge is 2.25. The number of hydrogen-bond donors (Lipinski definition) is 1. The number of benzene rings is 1. The van der Waals surface area contributed by atoms with Crippen LogP contribution in [0.5, 0.6) is 0 Å². The lowest BCUT2D eigenvalue weighted by atomic mass is 9.77. The lowest BCUT2D eigenvalue weighted by Gasteiger charge is -2.31. The van der Waals surface area contributed by atoms with Gasteiger partial charge in [0.1, 0.15) is 5.82 Å². The summed E-state index contributed by atoms with van der Waals surface area (Å²) in [4.78, 5) is 19.2. The van der Waals surface area contributed by atoms with Gasteiger partial charge in [0.15, 0.2) is 0 Å². The van der Waals surface area contributed by atoms with E-state index >= 15 is 0 Å². The number of rotatable bonds is 4. The van der Waals surface area contributed by atoms with Crippen LogP contribution in [0.2, 0.25) is 0 Å². The molecule has 1 aromatic heterocycles. The van der Waals surface area contributed by atoms with E-state index in [2.05, 4.69) is 46.4 Å². The number of anilines is 1. The number of amides is 1. The highest BCUT2D eigenvalue weighted by molar-refractivity contribution is 5.94. The predicted molar refractivity (Wildman–Crippen MR) is 100 cm³/mol. The average molecular weight is 335 g/mol. The van der Waals surface area contributed by atoms with Crippen LogP contribution in [0.1, 0.15) is 47.2 Å². The third-order valence-electron chi connectivity index (χ3n) is 5.59. The zero-order valence-corrected chi connectivity index (χ0v) is 14.7. The summed E-state index contributed by atoms with van der Waals surface area (Å²) in [5, 5.41) is 3.05. The molecule has 0 spiro atoms. The van der Waals surface area contributed by atoms with Gasteiger partial charge in [0, 0.05) is 31.7 Å². The Bertz CT molecular complexity index is 748. The Morgan fingerprint density at radius 2 is 2.00 bits per heavy atom. The van der Waals surface area contributed by atoms with Gasteiger partial charge in [-0.3, -0.25) is 4.79 Å². The van der Waals surface area contributed by atoms with Gasteiger partial charge in [0.2, 0.25) is 0 Å². The molecule has 4 nitrogen and oxygen atoms in total. The fraction of sp³-hybridized carbons (Fsp3) is 0.429. The standard InChI is InChI=1S/C21H25N3O/c1-15-8-10-24(11-9-15)20-7-6-17(13-22-20)21(25)23-14-18-12-16-4-2-3-5-19(16)18/h2-7,13,15,18H,8-12,14H2,1H3,(H,23,25)/t18-/m0/s1. The number of nitrogens with one attached hydrogen (secondary N) is 1. The van der Waals surface area contributed by atoms with Gasteiger partial charge in [-0.25, -0.2) is 4.98 Å². The van der Waals surface area contributed by atoms with Gasteiger partial charge in [0.25, 0.3) is 5.91 Å². The molecule has 2 aliphatic rings. The van der Waals surface area contributed by atoms with E-state index in [4.69, 9.17) is 0 Å². The van der Waals surface area contributed by atoms with Crippen LogP contribution in [-0.4, -0.2) is 30.5 Å². The summed E-state index contributed by atoms with van der Waals surface area (Å²) in [5.41, 5.74) is 3.42. The first kappa shape index (κ1) is 16.1. The number of hydrogen-bond acceptors (Lipinski definition) is 3. The summed E-state index contributed by atoms with van der Waals surface area (Å²) < 4.78 is 0. The van der Waals surface area contributed by atoms with Crippen LogP contribution in [0, 0.1) is 5.92 Å². The van der Waals surface area contributed by atoms with E-state index in [1.807, 2.05) is 12.1 Å². The molecule has 4 heteroatoms. The third kappa shape index (κ3) is 3.39. The van der Waals surface area contributed by atoms with Crippen molar-refractivity contribution in [2.24, 2.45) is 5.92 Å². The van der Waals surface area contributed by atoms with Gasteiger partial charge in [-0.2, -0.15) is 0 Å². The van der Waals surface area contributed by atoms with Gasteiger partial charge in [-0.1, -0.05) is 31.2 Å². The Labute approximate surface area is 149 Å². The topological polar surface area (TPSA) is 45.2 Å². The lowest BCUT2D eigenvalue weighted by molar-refractivity contribution is 0.0949. The average Bonchev–Trinajstić information content (AvgIpc) is 2.63. The van der Waals surface area contributed by atoms with E-state index in [1.54, 1.807) is 6.20 Å². The molecule has 4 rings (SSSR count). The summed E-state index contributed by atoms with van der Waals surface area (Å²) in [7, 11) is 0. The molecule has 1 aliphatic heterocycles. The number of fused-ring (bicyclic) bond motifs is 1. The molecular weight excluding hydrogens is 310 g/mol. The van der Waals surface area contributed by atoms with Crippen molar-refractivity contribution in [3.8, 4) is 0 Å². The van der Waals surface area contributed by atoms with E-state index < -0.39 is 0 Å². The number of aromatic nitrogens is 1. The molecule has 0 radical (unpaired) electrons. The van der Waals surface area contributed by atoms with Crippen molar-refractivity contribution >= 4 is 11.7 Å². The Morgan fingerprint density at radius 3 is 2.72 bits per heavy atom. The monoisotopic (exact) mass is 335 g/mol. The number of pyridine rings is 1. The Kier molecular flexibility index (Phi) is 4.43. The van der Waals surface area contributed by atoms with Gasteiger partial charge >= 0.3 is 0 Å². The van der Waals surface area contributed by atoms with E-state index in [-0.39, 0.29) is 5.91 Å². The van der Waals surface area contributed by atoms with Crippen LogP contribution in [-0.2, 0) is 6.42 Å². The first-order valence-electron chi connectivity index (χ1n) is 9.27. The molecule has 1 saturated heterocycles. The van der Waals surface area contributed by atoms with Crippen molar-refractivity contribution in [1.82, 2.24) is 10.3 Å². The van der Waals surface area contributed by atoms with Crippen molar-refractivity contribution in [3.63, 3.8) is 0 Å². The minimum Gasteiger partial charge on any atom is -0.357 e. The van der Waals surface area contributed by atoms with Crippen LogP contribution in [0.3, 0.4) is 0 Å². The van der Waals surface area contributed by atoms with Crippen LogP contribution in [0.15, 0.2) is 42.6 Å². The molecule has 1 aromatic carbocycles. The summed E-state index contributed by atoms with van der Waals surface area (Å²) in [6.45, 7) is 5.11. The van der Waals surface area contributed by atoms with Crippen molar-refractivity contribution < 1.29 is 4.79 Å². The minimum absolute atomic E-state index is 0.0318. The number of piperidine rings is 1. The molecule has 0 saturated carbocycles. The summed E-state index contributed by atoms with van der Waals surface area (Å²) in [6, 6.07) is 12.3. The smallest absolute Gasteiger partial charge is 0.252 e. The Morgan fingerprint density at radius 1 is 1.20 bits per heavy atom. The van der Waals surface area contributed by atoms with Gasteiger partial charge in [-0.05, 0) is 48.4 Å². The molecule has 1 N–H and O–H groups in total. The summed E-state index contributed by atoms with van der Waals surface area (Å²) >= 11 is 0. The maximum absolute atomic E-state index is 12.4. The fourth-order valence-corrected chi connectivity index (χ4v) is 3.81. The first-order chi connectivity index (χ1) is 12.2. The zero-order chi connectivity index (χ0) is 17.2. The number of carbonyl (C=O) groups excluding carboxylic acids is 1. The molecule has 1 aliphatic carbocycles. The normalized spacial score (nSPS) is 19.9. The van der Waals surface area contributed by atoms with Crippen LogP contribution in [0.4, 0.5) is 5.82 Å². The fourth-order valence-electron chi connectivity index (χ4n) is 3.81. The second kappa shape index (κ2) is 6.87. The van der Waals surface area contributed by atoms with Crippen molar-refractivity contribution in [2.75, 3.05) is 24.5 Å². The predicted octanol–water partition coefficient (Wildman–Crippen LogP) is 3.39. The number of nitrogens with zero attached hydrogens (tertiary/aromatic N) is 2. The number of carbonyl (C=O) groups is 1. The van der Waals surface area contributed by atoms with Gasteiger partial charge in [0.05, 0.1) is 5.56 Å². The van der Waals surface area contributed by atoms with Crippen molar-refractivity contribution in [3.05, 3.63) is 59.3 Å². The van der Waals surface area contributed by atoms with E-state index in [0.29, 0.717) is 18.0 Å². The van der Waals surface area contributed by atoms with E-state index in [9.17, 15) is 4.79 Å². The molecule has 25 heavy (non-hydrogen) atoms. The van der Waals surface area contributed by atoms with E-state index in [1.165, 1.54) is 24.0 Å². The van der Waals surface area contributed by atoms with E-state index in [0.717, 1.165) is 31.2 Å². The Hall–Kier alpha value is -2.36. The lowest BCUT2D eigenvalue weighted by Crippen LogP contribution is -2.34. The molecule has 130 valence electrons. The third-order valence-corrected chi connectivity index (χ3v) is 5.59. The van der Waals surface area contributed by atoms with Gasteiger partial charge < -0.3 is 10.2 Å². The quantitative estimate of drug-likeness (QED) is 0.931. The highest BCUT2D eigenvalue weighted by atomic mass is 16.1. The second-order valence-electron chi connectivity index (χ2n) is 7.38. The summed E-state index contributed by atoms with van der Waals surface area (Å²) in [5.74, 6) is 2.20. The van der Waals surface area contributed by atoms with Crippen molar-refractivity contribution in [2.45, 2.75) is 32.1 Å². The highest BCUT2D eigenvalue weighted by Crippen LogP contribution is 2.34. The summed E-state index contributed by atoms with van der Waals surface area (Å²) in [6.07, 6.45) is 5.19. The van der Waals surface area contributed by atoms with Crippen LogP contribution in [0.25, 0.3) is 0 Å². The largest absolute Gasteiger partial charge is 0.357 e. The molecule has 1 fully saturated rings.